The molecule has 6 heteroatoms. The second-order valence-electron chi connectivity index (χ2n) is 8.27. The van der Waals surface area contributed by atoms with Gasteiger partial charge in [-0.1, -0.05) is 78.9 Å². The molecule has 0 fully saturated rings. The van der Waals surface area contributed by atoms with Crippen molar-refractivity contribution in [3.63, 3.8) is 0 Å². The van der Waals surface area contributed by atoms with E-state index in [4.69, 9.17) is 9.47 Å². The van der Waals surface area contributed by atoms with Crippen LogP contribution in [0.5, 0.6) is 11.5 Å². The van der Waals surface area contributed by atoms with Crippen LogP contribution in [-0.4, -0.2) is 28.3 Å². The van der Waals surface area contributed by atoms with Gasteiger partial charge in [-0.05, 0) is 52.9 Å². The molecule has 0 radical (unpaired) electrons. The topological polar surface area (TPSA) is 93.1 Å². The molecule has 0 heterocycles. The Labute approximate surface area is 202 Å². The lowest BCUT2D eigenvalue weighted by atomic mass is 9.82. The highest BCUT2D eigenvalue weighted by Crippen LogP contribution is 2.44. The molecule has 4 aromatic rings. The van der Waals surface area contributed by atoms with Crippen LogP contribution in [0, 0.1) is 0 Å². The third-order valence-corrected chi connectivity index (χ3v) is 6.18. The van der Waals surface area contributed by atoms with Gasteiger partial charge in [-0.25, -0.2) is 9.59 Å². The predicted molar refractivity (Wildman–Crippen MR) is 130 cm³/mol. The Kier molecular flexibility index (Phi) is 5.71. The molecule has 0 spiro atoms. The molecule has 0 aliphatic heterocycles. The van der Waals surface area contributed by atoms with E-state index >= 15 is 0 Å². The van der Waals surface area contributed by atoms with E-state index in [1.165, 1.54) is 0 Å². The Balaban J connectivity index is 1.75. The Hall–Kier alpha value is -4.58. The fraction of sp³-hybridized carbons (Fsp3) is 0.103. The van der Waals surface area contributed by atoms with Crippen LogP contribution in [0.15, 0.2) is 103 Å². The SMILES string of the molecule is O=C(O)C(Oc1ccccc1)C(Oc1ccccc1)(C(=O)O)c1cccc2c1Cc1ccccc1-2. The Bertz CT molecular complexity index is 1380. The average Bonchev–Trinajstić information content (AvgIpc) is 3.26. The largest absolute Gasteiger partial charge is 0.478 e. The maximum absolute atomic E-state index is 13.2. The summed E-state index contributed by atoms with van der Waals surface area (Å²) in [4.78, 5) is 25.8. The normalized spacial score (nSPS) is 14.2. The minimum absolute atomic E-state index is 0.214. The number of benzene rings is 4. The van der Waals surface area contributed by atoms with E-state index in [1.807, 2.05) is 30.3 Å². The first-order valence-electron chi connectivity index (χ1n) is 11.1. The van der Waals surface area contributed by atoms with Gasteiger partial charge >= 0.3 is 11.9 Å². The van der Waals surface area contributed by atoms with E-state index in [1.54, 1.807) is 72.8 Å². The summed E-state index contributed by atoms with van der Waals surface area (Å²) in [7, 11) is 0. The summed E-state index contributed by atoms with van der Waals surface area (Å²) in [5, 5.41) is 21.0. The first kappa shape index (κ1) is 22.2. The van der Waals surface area contributed by atoms with Gasteiger partial charge in [0.05, 0.1) is 0 Å². The molecule has 1 aliphatic rings. The van der Waals surface area contributed by atoms with E-state index in [-0.39, 0.29) is 17.1 Å². The summed E-state index contributed by atoms with van der Waals surface area (Å²) >= 11 is 0. The van der Waals surface area contributed by atoms with Crippen LogP contribution in [-0.2, 0) is 21.6 Å². The molecule has 0 amide bonds. The molecule has 6 nitrogen and oxygen atoms in total. The third-order valence-electron chi connectivity index (χ3n) is 6.18. The van der Waals surface area contributed by atoms with Crippen LogP contribution in [0.2, 0.25) is 0 Å². The van der Waals surface area contributed by atoms with Crippen molar-refractivity contribution in [2.24, 2.45) is 0 Å². The van der Waals surface area contributed by atoms with Gasteiger partial charge in [-0.15, -0.1) is 0 Å². The molecule has 35 heavy (non-hydrogen) atoms. The van der Waals surface area contributed by atoms with Crippen LogP contribution in [0.25, 0.3) is 11.1 Å². The number of rotatable bonds is 8. The van der Waals surface area contributed by atoms with Crippen LogP contribution in [0.1, 0.15) is 16.7 Å². The number of hydrogen-bond donors (Lipinski definition) is 2. The van der Waals surface area contributed by atoms with Gasteiger partial charge in [0, 0.05) is 5.56 Å². The van der Waals surface area contributed by atoms with Crippen LogP contribution in [0.4, 0.5) is 0 Å². The van der Waals surface area contributed by atoms with Crippen molar-refractivity contribution in [3.8, 4) is 22.6 Å². The van der Waals surface area contributed by atoms with E-state index in [9.17, 15) is 19.8 Å². The highest BCUT2D eigenvalue weighted by atomic mass is 16.6. The smallest absolute Gasteiger partial charge is 0.357 e. The minimum Gasteiger partial charge on any atom is -0.478 e. The molecule has 2 N–H and O–H groups in total. The molecule has 0 bridgehead atoms. The van der Waals surface area contributed by atoms with Gasteiger partial charge in [0.25, 0.3) is 5.60 Å². The van der Waals surface area contributed by atoms with Crippen LogP contribution < -0.4 is 9.47 Å². The molecule has 0 saturated carbocycles. The molecular weight excluding hydrogens is 444 g/mol. The number of carboxylic acids is 2. The van der Waals surface area contributed by atoms with Gasteiger partial charge in [0.2, 0.25) is 6.10 Å². The zero-order valence-electron chi connectivity index (χ0n) is 18.6. The monoisotopic (exact) mass is 466 g/mol. The van der Waals surface area contributed by atoms with Crippen molar-refractivity contribution in [1.29, 1.82) is 0 Å². The van der Waals surface area contributed by atoms with Gasteiger partial charge in [0.15, 0.2) is 0 Å². The summed E-state index contributed by atoms with van der Waals surface area (Å²) in [6.07, 6.45) is -1.44. The summed E-state index contributed by atoms with van der Waals surface area (Å²) in [5.74, 6) is -2.49. The highest BCUT2D eigenvalue weighted by Gasteiger charge is 2.57. The number of ether oxygens (including phenoxy) is 2. The van der Waals surface area contributed by atoms with Gasteiger partial charge in [-0.3, -0.25) is 0 Å². The van der Waals surface area contributed by atoms with Crippen LogP contribution >= 0.6 is 0 Å². The van der Waals surface area contributed by atoms with E-state index in [2.05, 4.69) is 0 Å². The van der Waals surface area contributed by atoms with E-state index < -0.39 is 23.6 Å². The molecule has 0 saturated heterocycles. The summed E-state index contributed by atoms with van der Waals surface area (Å²) in [6.45, 7) is 0. The second-order valence-corrected chi connectivity index (χ2v) is 8.27. The maximum atomic E-state index is 13.2. The number of carbonyl (C=O) groups is 2. The minimum atomic E-state index is -2.38. The lowest BCUT2D eigenvalue weighted by molar-refractivity contribution is -0.178. The van der Waals surface area contributed by atoms with Gasteiger partial charge < -0.3 is 19.7 Å². The summed E-state index contributed by atoms with van der Waals surface area (Å²) in [6, 6.07) is 29.7. The first-order valence-corrected chi connectivity index (χ1v) is 11.1. The molecular formula is C29H22O6. The number of fused-ring (bicyclic) bond motifs is 3. The fourth-order valence-corrected chi connectivity index (χ4v) is 4.64. The van der Waals surface area contributed by atoms with Crippen LogP contribution in [0.3, 0.4) is 0 Å². The lowest BCUT2D eigenvalue weighted by Gasteiger charge is -2.36. The zero-order chi connectivity index (χ0) is 24.4. The van der Waals surface area contributed by atoms with Crippen molar-refractivity contribution >= 4 is 11.9 Å². The summed E-state index contributed by atoms with van der Waals surface area (Å²) < 4.78 is 12.0. The van der Waals surface area contributed by atoms with E-state index in [0.29, 0.717) is 12.0 Å². The molecule has 0 aromatic heterocycles. The highest BCUT2D eigenvalue weighted by molar-refractivity contribution is 5.91. The second kappa shape index (κ2) is 8.99. The molecule has 5 rings (SSSR count). The predicted octanol–water partition coefficient (Wildman–Crippen LogP) is 5.15. The number of aliphatic carboxylic acids is 2. The Morgan fingerprint density at radius 3 is 1.97 bits per heavy atom. The lowest BCUT2D eigenvalue weighted by Crippen LogP contribution is -2.57. The fourth-order valence-electron chi connectivity index (χ4n) is 4.64. The van der Waals surface area contributed by atoms with E-state index in [0.717, 1.165) is 16.7 Å². The Morgan fingerprint density at radius 2 is 1.31 bits per heavy atom. The third kappa shape index (κ3) is 3.89. The van der Waals surface area contributed by atoms with Crippen molar-refractivity contribution in [2.75, 3.05) is 0 Å². The number of para-hydroxylation sites is 2. The van der Waals surface area contributed by atoms with Crippen molar-refractivity contribution in [3.05, 3.63) is 120 Å². The van der Waals surface area contributed by atoms with Crippen molar-refractivity contribution < 1.29 is 29.3 Å². The Morgan fingerprint density at radius 1 is 0.714 bits per heavy atom. The quantitative estimate of drug-likeness (QED) is 0.329. The average molecular weight is 466 g/mol. The standard InChI is InChI=1S/C29H22O6/c30-27(31)26(34-20-11-3-1-4-12-20)29(28(32)33,35-21-13-5-2-6-14-21)25-17-9-16-23-22-15-8-7-10-19(22)18-24(23)25/h1-17,26H,18H2,(H,30,31)(H,32,33). The van der Waals surface area contributed by atoms with Gasteiger partial charge in [0.1, 0.15) is 11.5 Å². The van der Waals surface area contributed by atoms with Crippen molar-refractivity contribution in [1.82, 2.24) is 0 Å². The number of hydrogen-bond acceptors (Lipinski definition) is 4. The number of carboxylic acid groups (broad SMARTS) is 2. The molecule has 1 aliphatic carbocycles. The molecule has 2 atom stereocenters. The maximum Gasteiger partial charge on any atom is 0.357 e. The molecule has 174 valence electrons. The van der Waals surface area contributed by atoms with Gasteiger partial charge in [-0.2, -0.15) is 0 Å². The first-order chi connectivity index (χ1) is 17.0. The van der Waals surface area contributed by atoms with Crippen molar-refractivity contribution in [2.45, 2.75) is 18.1 Å². The zero-order valence-corrected chi connectivity index (χ0v) is 18.6. The summed E-state index contributed by atoms with van der Waals surface area (Å²) in [5.41, 5.74) is 1.44. The molecule has 2 unspecified atom stereocenters. The molecule has 4 aromatic carbocycles.